The normalized spacial score (nSPS) is 8.56. The van der Waals surface area contributed by atoms with Gasteiger partial charge >= 0.3 is 0 Å². The Labute approximate surface area is 53.6 Å². The molecule has 0 atom stereocenters. The Balaban J connectivity index is 2.91. The molecule has 0 aromatic rings. The number of hydrogen-bond acceptors (Lipinski definition) is 3. The van der Waals surface area contributed by atoms with Crippen molar-refractivity contribution in [3.8, 4) is 0 Å². The van der Waals surface area contributed by atoms with Gasteiger partial charge in [-0.15, -0.1) is 0 Å². The minimum Gasteiger partial charge on any atom is -0.344 e. The van der Waals surface area contributed by atoms with Gasteiger partial charge < -0.3 is 10.1 Å². The summed E-state index contributed by atoms with van der Waals surface area (Å²) < 4.78 is 0. The van der Waals surface area contributed by atoms with Gasteiger partial charge in [0, 0.05) is 6.92 Å². The Morgan fingerprint density at radius 1 is 1.67 bits per heavy atom. The first-order valence-electron chi connectivity index (χ1n) is 2.66. The van der Waals surface area contributed by atoms with Gasteiger partial charge in [-0.25, -0.2) is 0 Å². The van der Waals surface area contributed by atoms with Crippen molar-refractivity contribution in [1.29, 1.82) is 0 Å². The smallest absolute Gasteiger partial charge is 0.217 e. The second-order valence-corrected chi connectivity index (χ2v) is 1.53. The van der Waals surface area contributed by atoms with E-state index in [9.17, 15) is 9.59 Å². The molecule has 0 fully saturated rings. The van der Waals surface area contributed by atoms with Crippen molar-refractivity contribution in [1.82, 2.24) is 10.6 Å². The zero-order valence-corrected chi connectivity index (χ0v) is 5.31. The Kier molecular flexibility index (Phi) is 4.72. The fourth-order valence-corrected chi connectivity index (χ4v) is 0.318. The van der Waals surface area contributed by atoms with Crippen molar-refractivity contribution in [3.05, 3.63) is 0 Å². The van der Waals surface area contributed by atoms with Crippen molar-refractivity contribution in [3.63, 3.8) is 0 Å². The molecule has 4 heteroatoms. The molecule has 0 aliphatic carbocycles. The minimum atomic E-state index is -0.103. The molecule has 0 aromatic heterocycles. The summed E-state index contributed by atoms with van der Waals surface area (Å²) in [6.45, 7) is 2.05. The third kappa shape index (κ3) is 7.10. The van der Waals surface area contributed by atoms with Crippen LogP contribution in [0.1, 0.15) is 6.92 Å². The van der Waals surface area contributed by atoms with Gasteiger partial charge in [-0.1, -0.05) is 0 Å². The zero-order valence-electron chi connectivity index (χ0n) is 5.31. The summed E-state index contributed by atoms with van der Waals surface area (Å²) in [6, 6.07) is 0. The van der Waals surface area contributed by atoms with E-state index in [0.29, 0.717) is 6.67 Å². The topological polar surface area (TPSA) is 58.2 Å². The van der Waals surface area contributed by atoms with Gasteiger partial charge in [0.05, 0.1) is 13.2 Å². The van der Waals surface area contributed by atoms with Crippen LogP contribution in [0.3, 0.4) is 0 Å². The molecule has 0 rings (SSSR count). The first-order valence-corrected chi connectivity index (χ1v) is 2.66. The standard InChI is InChI=1S/C5H10N2O2/c1-5(9)7-4-6-2-3-8/h3,6H,2,4H2,1H3,(H,7,9). The van der Waals surface area contributed by atoms with Gasteiger partial charge in [0.25, 0.3) is 0 Å². The lowest BCUT2D eigenvalue weighted by Crippen LogP contribution is -2.32. The third-order valence-corrected chi connectivity index (χ3v) is 0.690. The van der Waals surface area contributed by atoms with Crippen LogP contribution in [0.15, 0.2) is 0 Å². The van der Waals surface area contributed by atoms with Gasteiger partial charge in [-0.05, 0) is 0 Å². The summed E-state index contributed by atoms with van der Waals surface area (Å²) in [7, 11) is 0. The van der Waals surface area contributed by atoms with Crippen molar-refractivity contribution >= 4 is 12.2 Å². The van der Waals surface area contributed by atoms with Crippen molar-refractivity contribution in [2.45, 2.75) is 6.92 Å². The molecule has 52 valence electrons. The van der Waals surface area contributed by atoms with E-state index in [1.54, 1.807) is 0 Å². The van der Waals surface area contributed by atoms with E-state index in [1.165, 1.54) is 6.92 Å². The molecule has 0 bridgehead atoms. The summed E-state index contributed by atoms with van der Waals surface area (Å²) in [5, 5.41) is 5.14. The monoisotopic (exact) mass is 130 g/mol. The first-order chi connectivity index (χ1) is 4.27. The maximum absolute atomic E-state index is 10.2. The van der Waals surface area contributed by atoms with Gasteiger partial charge in [0.2, 0.25) is 5.91 Å². The molecule has 2 N–H and O–H groups in total. The second kappa shape index (κ2) is 5.24. The highest BCUT2D eigenvalue weighted by atomic mass is 16.1. The van der Waals surface area contributed by atoms with Gasteiger partial charge in [0.1, 0.15) is 6.29 Å². The third-order valence-electron chi connectivity index (χ3n) is 0.690. The molecule has 0 aliphatic heterocycles. The van der Waals surface area contributed by atoms with Crippen LogP contribution in [0.2, 0.25) is 0 Å². The Morgan fingerprint density at radius 2 is 2.33 bits per heavy atom. The molecule has 0 heterocycles. The van der Waals surface area contributed by atoms with E-state index in [2.05, 4.69) is 10.6 Å². The number of aldehydes is 1. The lowest BCUT2D eigenvalue weighted by molar-refractivity contribution is -0.119. The van der Waals surface area contributed by atoms with Crippen molar-refractivity contribution < 1.29 is 9.59 Å². The molecule has 0 saturated heterocycles. The summed E-state index contributed by atoms with van der Waals surface area (Å²) in [5.74, 6) is -0.103. The van der Waals surface area contributed by atoms with Crippen molar-refractivity contribution in [2.24, 2.45) is 0 Å². The van der Waals surface area contributed by atoms with Crippen LogP contribution in [-0.4, -0.2) is 25.4 Å². The molecule has 0 aliphatic rings. The van der Waals surface area contributed by atoms with Crippen LogP contribution < -0.4 is 10.6 Å². The molecule has 0 saturated carbocycles. The lowest BCUT2D eigenvalue weighted by atomic mass is 10.7. The lowest BCUT2D eigenvalue weighted by Gasteiger charge is -1.98. The van der Waals surface area contributed by atoms with Gasteiger partial charge in [-0.2, -0.15) is 0 Å². The number of hydrogen-bond donors (Lipinski definition) is 2. The highest BCUT2D eigenvalue weighted by molar-refractivity contribution is 5.72. The van der Waals surface area contributed by atoms with E-state index in [1.807, 2.05) is 0 Å². The number of rotatable bonds is 4. The maximum atomic E-state index is 10.2. The zero-order chi connectivity index (χ0) is 7.11. The number of carbonyl (C=O) groups is 2. The Morgan fingerprint density at radius 3 is 2.78 bits per heavy atom. The van der Waals surface area contributed by atoms with Crippen LogP contribution in [0.25, 0.3) is 0 Å². The molecule has 0 radical (unpaired) electrons. The minimum absolute atomic E-state index is 0.103. The van der Waals surface area contributed by atoms with Crippen LogP contribution in [0.5, 0.6) is 0 Å². The average Bonchev–Trinajstić information content (AvgIpc) is 1.80. The highest BCUT2D eigenvalue weighted by Gasteiger charge is 1.85. The summed E-state index contributed by atoms with van der Waals surface area (Å²) in [6.07, 6.45) is 0.738. The predicted molar refractivity (Wildman–Crippen MR) is 32.8 cm³/mol. The molecular weight excluding hydrogens is 120 g/mol. The maximum Gasteiger partial charge on any atom is 0.217 e. The average molecular weight is 130 g/mol. The second-order valence-electron chi connectivity index (χ2n) is 1.53. The largest absolute Gasteiger partial charge is 0.344 e. The predicted octanol–water partition coefficient (Wildman–Crippen LogP) is -1.13. The molecule has 0 spiro atoms. The summed E-state index contributed by atoms with van der Waals surface area (Å²) >= 11 is 0. The van der Waals surface area contributed by atoms with E-state index < -0.39 is 0 Å². The summed E-state index contributed by atoms with van der Waals surface area (Å²) in [4.78, 5) is 19.8. The van der Waals surface area contributed by atoms with Gasteiger partial charge in [0.15, 0.2) is 0 Å². The number of nitrogens with one attached hydrogen (secondary N) is 2. The summed E-state index contributed by atoms with van der Waals surface area (Å²) in [5.41, 5.74) is 0. The number of carbonyl (C=O) groups excluding carboxylic acids is 2. The van der Waals surface area contributed by atoms with Gasteiger partial charge in [-0.3, -0.25) is 10.1 Å². The van der Waals surface area contributed by atoms with Crippen LogP contribution in [-0.2, 0) is 9.59 Å². The Hall–Kier alpha value is -0.900. The highest BCUT2D eigenvalue weighted by Crippen LogP contribution is 1.54. The van der Waals surface area contributed by atoms with E-state index in [-0.39, 0.29) is 12.5 Å². The fourth-order valence-electron chi connectivity index (χ4n) is 0.318. The number of amides is 1. The van der Waals surface area contributed by atoms with E-state index in [4.69, 9.17) is 0 Å². The fraction of sp³-hybridized carbons (Fsp3) is 0.600. The molecule has 4 nitrogen and oxygen atoms in total. The van der Waals surface area contributed by atoms with E-state index >= 15 is 0 Å². The molecule has 0 aromatic carbocycles. The van der Waals surface area contributed by atoms with Crippen LogP contribution >= 0.6 is 0 Å². The SMILES string of the molecule is CC(=O)NCNCC=O. The first kappa shape index (κ1) is 8.10. The molecular formula is C5H10N2O2. The van der Waals surface area contributed by atoms with E-state index in [0.717, 1.165) is 6.29 Å². The molecule has 9 heavy (non-hydrogen) atoms. The van der Waals surface area contributed by atoms with Crippen LogP contribution in [0, 0.1) is 0 Å². The molecule has 1 amide bonds. The van der Waals surface area contributed by atoms with Crippen molar-refractivity contribution in [2.75, 3.05) is 13.2 Å². The molecule has 0 unspecified atom stereocenters. The quantitative estimate of drug-likeness (QED) is 0.287. The Bertz CT molecular complexity index is 103. The van der Waals surface area contributed by atoms with Crippen LogP contribution in [0.4, 0.5) is 0 Å².